The molecule has 0 bridgehead atoms. The van der Waals surface area contributed by atoms with Crippen LogP contribution in [0.2, 0.25) is 0 Å². The predicted molar refractivity (Wildman–Crippen MR) is 65.1 cm³/mol. The van der Waals surface area contributed by atoms with Crippen LogP contribution in [0, 0.1) is 18.6 Å². The topological polar surface area (TPSA) is 30.7 Å². The maximum Gasteiger partial charge on any atom is 0.149 e. The second-order valence-corrected chi connectivity index (χ2v) is 4.38. The van der Waals surface area contributed by atoms with Crippen molar-refractivity contribution in [1.82, 2.24) is 15.0 Å². The van der Waals surface area contributed by atoms with E-state index in [2.05, 4.69) is 10.3 Å². The Morgan fingerprint density at radius 2 is 2.06 bits per heavy atom. The molecule has 18 heavy (non-hydrogen) atoms. The number of nitrogens with zero attached hydrogens (tertiary/aromatic N) is 3. The van der Waals surface area contributed by atoms with Crippen LogP contribution in [0.5, 0.6) is 0 Å². The maximum atomic E-state index is 13.7. The van der Waals surface area contributed by atoms with Gasteiger partial charge in [-0.05, 0) is 31.4 Å². The Morgan fingerprint density at radius 1 is 1.28 bits per heavy atom. The highest BCUT2D eigenvalue weighted by molar-refractivity contribution is 6.17. The molecule has 0 atom stereocenters. The molecule has 96 valence electrons. The van der Waals surface area contributed by atoms with Crippen molar-refractivity contribution in [3.05, 3.63) is 41.2 Å². The molecule has 0 unspecified atom stereocenters. The molecule has 1 heterocycles. The van der Waals surface area contributed by atoms with Gasteiger partial charge in [0.15, 0.2) is 0 Å². The summed E-state index contributed by atoms with van der Waals surface area (Å²) in [7, 11) is 0. The molecule has 0 aliphatic carbocycles. The Hall–Kier alpha value is -1.49. The second kappa shape index (κ2) is 5.44. The zero-order valence-corrected chi connectivity index (χ0v) is 10.6. The number of rotatable bonds is 4. The van der Waals surface area contributed by atoms with Crippen molar-refractivity contribution in [2.24, 2.45) is 0 Å². The molecular formula is C12H12ClF2N3. The third-order valence-corrected chi connectivity index (χ3v) is 2.85. The maximum absolute atomic E-state index is 13.7. The minimum atomic E-state index is -0.525. The molecule has 2 rings (SSSR count). The fourth-order valence-corrected chi connectivity index (χ4v) is 1.72. The van der Waals surface area contributed by atoms with E-state index in [9.17, 15) is 8.78 Å². The van der Waals surface area contributed by atoms with Crippen LogP contribution in [0.4, 0.5) is 8.78 Å². The van der Waals surface area contributed by atoms with Gasteiger partial charge in [-0.15, -0.1) is 16.7 Å². The van der Waals surface area contributed by atoms with Gasteiger partial charge in [-0.1, -0.05) is 5.21 Å². The van der Waals surface area contributed by atoms with Crippen LogP contribution in [0.15, 0.2) is 18.3 Å². The van der Waals surface area contributed by atoms with Crippen LogP contribution in [-0.2, 0) is 6.42 Å². The van der Waals surface area contributed by atoms with Crippen LogP contribution in [0.1, 0.15) is 17.7 Å². The molecule has 0 N–H and O–H groups in total. The number of alkyl halides is 1. The van der Waals surface area contributed by atoms with Crippen LogP contribution in [0.25, 0.3) is 5.69 Å². The summed E-state index contributed by atoms with van der Waals surface area (Å²) in [6, 6.07) is 2.26. The molecule has 0 aliphatic rings. The average molecular weight is 272 g/mol. The van der Waals surface area contributed by atoms with Gasteiger partial charge in [-0.2, -0.15) is 0 Å². The normalized spacial score (nSPS) is 10.9. The summed E-state index contributed by atoms with van der Waals surface area (Å²) in [6.07, 6.45) is 3.02. The van der Waals surface area contributed by atoms with Crippen LogP contribution < -0.4 is 0 Å². The lowest BCUT2D eigenvalue weighted by Crippen LogP contribution is -2.00. The van der Waals surface area contributed by atoms with E-state index in [1.54, 1.807) is 6.20 Å². The Bertz CT molecular complexity index is 554. The van der Waals surface area contributed by atoms with Gasteiger partial charge in [0.1, 0.15) is 17.3 Å². The first-order valence-corrected chi connectivity index (χ1v) is 6.08. The summed E-state index contributed by atoms with van der Waals surface area (Å²) in [6.45, 7) is 1.51. The fraction of sp³-hybridized carbons (Fsp3) is 0.333. The van der Waals surface area contributed by atoms with Gasteiger partial charge >= 0.3 is 0 Å². The lowest BCUT2D eigenvalue weighted by atomic mass is 10.2. The molecule has 1 aromatic carbocycles. The molecule has 0 spiro atoms. The largest absolute Gasteiger partial charge is 0.217 e. The summed E-state index contributed by atoms with van der Waals surface area (Å²) >= 11 is 5.57. The van der Waals surface area contributed by atoms with Crippen molar-refractivity contribution in [3.8, 4) is 5.69 Å². The van der Waals surface area contributed by atoms with E-state index in [-0.39, 0.29) is 11.3 Å². The van der Waals surface area contributed by atoms with Gasteiger partial charge in [0.05, 0.1) is 11.9 Å². The average Bonchev–Trinajstić information content (AvgIpc) is 2.79. The monoisotopic (exact) mass is 271 g/mol. The summed E-state index contributed by atoms with van der Waals surface area (Å²) in [5.41, 5.74) is 1.03. The predicted octanol–water partition coefficient (Wildman–Crippen LogP) is 3.03. The van der Waals surface area contributed by atoms with Gasteiger partial charge in [0, 0.05) is 11.9 Å². The van der Waals surface area contributed by atoms with Crippen molar-refractivity contribution in [1.29, 1.82) is 0 Å². The van der Waals surface area contributed by atoms with Crippen LogP contribution in [-0.4, -0.2) is 20.9 Å². The fourth-order valence-electron chi connectivity index (χ4n) is 1.59. The van der Waals surface area contributed by atoms with E-state index >= 15 is 0 Å². The van der Waals surface area contributed by atoms with Crippen LogP contribution >= 0.6 is 11.6 Å². The minimum Gasteiger partial charge on any atom is -0.217 e. The molecule has 6 heteroatoms. The van der Waals surface area contributed by atoms with Crippen molar-refractivity contribution >= 4 is 11.6 Å². The van der Waals surface area contributed by atoms with Gasteiger partial charge in [-0.25, -0.2) is 13.5 Å². The van der Waals surface area contributed by atoms with Crippen LogP contribution in [0.3, 0.4) is 0 Å². The summed E-state index contributed by atoms with van der Waals surface area (Å²) in [5, 5.41) is 7.68. The molecule has 2 aromatic rings. The third kappa shape index (κ3) is 2.67. The highest BCUT2D eigenvalue weighted by atomic mass is 35.5. The van der Waals surface area contributed by atoms with E-state index in [1.165, 1.54) is 11.6 Å². The molecule has 0 fully saturated rings. The van der Waals surface area contributed by atoms with E-state index in [0.717, 1.165) is 18.6 Å². The second-order valence-electron chi connectivity index (χ2n) is 4.00. The molecule has 0 saturated heterocycles. The zero-order chi connectivity index (χ0) is 13.1. The Balaban J connectivity index is 2.31. The minimum absolute atomic E-state index is 0.0581. The smallest absolute Gasteiger partial charge is 0.149 e. The van der Waals surface area contributed by atoms with Crippen molar-refractivity contribution in [2.75, 3.05) is 5.88 Å². The number of benzene rings is 1. The van der Waals surface area contributed by atoms with Crippen molar-refractivity contribution in [3.63, 3.8) is 0 Å². The SMILES string of the molecule is Cc1cc(F)c(-n2cc(CCCCl)nn2)cc1F. The lowest BCUT2D eigenvalue weighted by Gasteiger charge is -2.04. The molecule has 3 nitrogen and oxygen atoms in total. The first kappa shape index (κ1) is 13.0. The van der Waals surface area contributed by atoms with Crippen molar-refractivity contribution < 1.29 is 8.78 Å². The molecule has 1 aromatic heterocycles. The molecule has 0 aliphatic heterocycles. The number of aryl methyl sites for hydroxylation is 2. The van der Waals surface area contributed by atoms with E-state index < -0.39 is 11.6 Å². The van der Waals surface area contributed by atoms with Gasteiger partial charge in [0.25, 0.3) is 0 Å². The Labute approximate surface area is 108 Å². The molecular weight excluding hydrogens is 260 g/mol. The molecule has 0 radical (unpaired) electrons. The highest BCUT2D eigenvalue weighted by Crippen LogP contribution is 2.17. The zero-order valence-electron chi connectivity index (χ0n) is 9.83. The summed E-state index contributed by atoms with van der Waals surface area (Å²) in [5.74, 6) is -0.465. The Kier molecular flexibility index (Phi) is 3.91. The first-order chi connectivity index (χ1) is 8.61. The number of hydrogen-bond acceptors (Lipinski definition) is 2. The summed E-state index contributed by atoms with van der Waals surface area (Å²) in [4.78, 5) is 0. The first-order valence-electron chi connectivity index (χ1n) is 5.55. The van der Waals surface area contributed by atoms with Crippen molar-refractivity contribution in [2.45, 2.75) is 19.8 Å². The highest BCUT2D eigenvalue weighted by Gasteiger charge is 2.11. The molecule has 0 amide bonds. The van der Waals surface area contributed by atoms with E-state index in [1.807, 2.05) is 0 Å². The summed E-state index contributed by atoms with van der Waals surface area (Å²) < 4.78 is 28.3. The number of halogens is 3. The van der Waals surface area contributed by atoms with Gasteiger partial charge in [-0.3, -0.25) is 0 Å². The number of aromatic nitrogens is 3. The van der Waals surface area contributed by atoms with Gasteiger partial charge in [0.2, 0.25) is 0 Å². The van der Waals surface area contributed by atoms with E-state index in [0.29, 0.717) is 18.0 Å². The van der Waals surface area contributed by atoms with Gasteiger partial charge < -0.3 is 0 Å². The quantitative estimate of drug-likeness (QED) is 0.801. The lowest BCUT2D eigenvalue weighted by molar-refractivity contribution is 0.578. The standard InChI is InChI=1S/C12H12ClF2N3/c1-8-5-11(15)12(6-10(8)14)18-7-9(16-17-18)3-2-4-13/h5-7H,2-4H2,1H3. The Morgan fingerprint density at radius 3 is 2.78 bits per heavy atom. The third-order valence-electron chi connectivity index (χ3n) is 2.58. The number of hydrogen-bond donors (Lipinski definition) is 0. The molecule has 0 saturated carbocycles. The van der Waals surface area contributed by atoms with E-state index in [4.69, 9.17) is 11.6 Å².